The van der Waals surface area contributed by atoms with Crippen LogP contribution in [0.4, 0.5) is 4.79 Å². The fourth-order valence-corrected chi connectivity index (χ4v) is 13.1. The molecule has 0 N–H and O–H groups in total. The fourth-order valence-electron chi connectivity index (χ4n) is 5.88. The Balaban J connectivity index is 2.23. The summed E-state index contributed by atoms with van der Waals surface area (Å²) in [5.74, 6) is 0. The van der Waals surface area contributed by atoms with Gasteiger partial charge in [-0.1, -0.05) is 123 Å². The number of rotatable bonds is 9. The molecule has 2 aromatic carbocycles. The first-order valence-corrected chi connectivity index (χ1v) is 25.1. The summed E-state index contributed by atoms with van der Waals surface area (Å²) >= 11 is 0. The molecule has 3 atom stereocenters. The first kappa shape index (κ1) is 39.7. The highest BCUT2D eigenvalue weighted by molar-refractivity contribution is 6.99. The third kappa shape index (κ3) is 8.89. The van der Waals surface area contributed by atoms with E-state index in [-0.39, 0.29) is 33.4 Å². The lowest BCUT2D eigenvalue weighted by molar-refractivity contribution is 0.00708. The van der Waals surface area contributed by atoms with Gasteiger partial charge in [-0.25, -0.2) is 4.79 Å². The average molecular weight is 700 g/mol. The summed E-state index contributed by atoms with van der Waals surface area (Å²) < 4.78 is 28.1. The molecule has 1 aliphatic rings. The van der Waals surface area contributed by atoms with Crippen molar-refractivity contribution in [3.63, 3.8) is 0 Å². The number of hydrogen-bond acceptors (Lipinski definition) is 5. The second kappa shape index (κ2) is 13.9. The van der Waals surface area contributed by atoms with Crippen molar-refractivity contribution in [2.45, 2.75) is 148 Å². The van der Waals surface area contributed by atoms with E-state index in [1.165, 1.54) is 10.4 Å². The molecule has 0 unspecified atom stereocenters. The van der Waals surface area contributed by atoms with E-state index < -0.39 is 36.6 Å². The molecule has 9 heteroatoms. The average Bonchev–Trinajstić information content (AvgIpc) is 3.23. The summed E-state index contributed by atoms with van der Waals surface area (Å²) in [4.78, 5) is 16.0. The standard InChI is InChI=1S/C38H65NO5Si3/c1-35(2,3)42-34(40)39-27-32(43-45(13,14)36(4,5)6)33(44-46(15,16)37(7,8)9)31(39)28-41-47(38(10,11)12,29-23-19-17-20-24-29)30-25-21-18-22-26-30/h17-26,31-33H,27-28H2,1-16H3/t31-,32+,33-/m1/s1. The van der Waals surface area contributed by atoms with Crippen LogP contribution in [0.25, 0.3) is 0 Å². The number of amides is 1. The number of carbonyl (C=O) groups excluding carboxylic acids is 1. The Hall–Kier alpha value is -1.76. The number of benzene rings is 2. The maximum absolute atomic E-state index is 14.1. The summed E-state index contributed by atoms with van der Waals surface area (Å²) in [6, 6.07) is 21.0. The van der Waals surface area contributed by atoms with Crippen LogP contribution in [0.5, 0.6) is 0 Å². The van der Waals surface area contributed by atoms with Gasteiger partial charge >= 0.3 is 6.09 Å². The summed E-state index contributed by atoms with van der Waals surface area (Å²) in [6.45, 7) is 36.0. The maximum atomic E-state index is 14.1. The van der Waals surface area contributed by atoms with E-state index in [1.54, 1.807) is 0 Å². The molecule has 2 aromatic rings. The van der Waals surface area contributed by atoms with Gasteiger partial charge in [-0.3, -0.25) is 4.90 Å². The number of ether oxygens (including phenoxy) is 1. The molecule has 0 spiro atoms. The Morgan fingerprint density at radius 1 is 0.681 bits per heavy atom. The molecule has 0 radical (unpaired) electrons. The maximum Gasteiger partial charge on any atom is 0.410 e. The molecule has 1 aliphatic heterocycles. The fraction of sp³-hybridized carbons (Fsp3) is 0.658. The van der Waals surface area contributed by atoms with Crippen LogP contribution in [0.1, 0.15) is 83.1 Å². The number of likely N-dealkylation sites (tertiary alicyclic amines) is 1. The minimum atomic E-state index is -2.91. The van der Waals surface area contributed by atoms with Gasteiger partial charge in [0.05, 0.1) is 31.4 Å². The summed E-state index contributed by atoms with van der Waals surface area (Å²) in [6.07, 6.45) is -1.01. The third-order valence-corrected chi connectivity index (χ3v) is 24.5. The van der Waals surface area contributed by atoms with E-state index >= 15 is 0 Å². The number of hydrogen-bond donors (Lipinski definition) is 0. The minimum Gasteiger partial charge on any atom is -0.444 e. The monoisotopic (exact) mass is 699 g/mol. The van der Waals surface area contributed by atoms with Crippen LogP contribution >= 0.6 is 0 Å². The third-order valence-electron chi connectivity index (χ3n) is 10.5. The van der Waals surface area contributed by atoms with Crippen molar-refractivity contribution in [1.29, 1.82) is 0 Å². The van der Waals surface area contributed by atoms with Gasteiger partial charge in [0.25, 0.3) is 8.32 Å². The van der Waals surface area contributed by atoms with E-state index in [0.717, 1.165) is 0 Å². The lowest BCUT2D eigenvalue weighted by atomic mass is 10.1. The lowest BCUT2D eigenvalue weighted by Crippen LogP contribution is -2.67. The predicted molar refractivity (Wildman–Crippen MR) is 204 cm³/mol. The molecule has 0 saturated carbocycles. The molecule has 1 heterocycles. The van der Waals surface area contributed by atoms with Crippen LogP contribution in [0.3, 0.4) is 0 Å². The Labute approximate surface area is 290 Å². The molecule has 1 fully saturated rings. The summed E-state index contributed by atoms with van der Waals surface area (Å²) in [5, 5.41) is 2.16. The van der Waals surface area contributed by atoms with Crippen LogP contribution in [-0.4, -0.2) is 72.9 Å². The molecule has 47 heavy (non-hydrogen) atoms. The molecule has 3 rings (SSSR count). The van der Waals surface area contributed by atoms with E-state index in [1.807, 2.05) is 25.7 Å². The topological polar surface area (TPSA) is 57.2 Å². The molecular formula is C38H65NO5Si3. The van der Waals surface area contributed by atoms with Gasteiger partial charge < -0.3 is 18.0 Å². The Morgan fingerprint density at radius 2 is 1.11 bits per heavy atom. The van der Waals surface area contributed by atoms with Gasteiger partial charge in [-0.15, -0.1) is 0 Å². The van der Waals surface area contributed by atoms with Gasteiger partial charge in [-0.2, -0.15) is 0 Å². The van der Waals surface area contributed by atoms with E-state index in [0.29, 0.717) is 13.2 Å². The van der Waals surface area contributed by atoms with Crippen molar-refractivity contribution >= 4 is 41.4 Å². The highest BCUT2D eigenvalue weighted by Crippen LogP contribution is 2.44. The quantitative estimate of drug-likeness (QED) is 0.245. The number of carbonyl (C=O) groups is 1. The first-order valence-electron chi connectivity index (χ1n) is 17.3. The molecule has 264 valence electrons. The summed E-state index contributed by atoms with van der Waals surface area (Å²) in [7, 11) is -7.46. The van der Waals surface area contributed by atoms with Crippen molar-refractivity contribution in [2.75, 3.05) is 13.2 Å². The van der Waals surface area contributed by atoms with Crippen molar-refractivity contribution in [1.82, 2.24) is 4.90 Å². The molecule has 1 amide bonds. The SMILES string of the molecule is CC(C)(C)OC(=O)N1C[C@H](O[Si](C)(C)C(C)(C)C)[C@H](O[Si](C)(C)C(C)(C)C)[C@H]1CO[Si](c1ccccc1)(c1ccccc1)C(C)(C)C. The Bertz CT molecular complexity index is 1280. The predicted octanol–water partition coefficient (Wildman–Crippen LogP) is 8.96. The van der Waals surface area contributed by atoms with Gasteiger partial charge in [0.1, 0.15) is 5.60 Å². The van der Waals surface area contributed by atoms with Crippen LogP contribution < -0.4 is 10.4 Å². The van der Waals surface area contributed by atoms with E-state index in [2.05, 4.69) is 149 Å². The zero-order valence-corrected chi connectivity index (χ0v) is 35.4. The minimum absolute atomic E-state index is 0.00518. The Kier molecular flexibility index (Phi) is 11.7. The largest absolute Gasteiger partial charge is 0.444 e. The highest BCUT2D eigenvalue weighted by atomic mass is 28.4. The molecular weight excluding hydrogens is 635 g/mol. The second-order valence-corrected chi connectivity index (χ2v) is 32.3. The zero-order valence-electron chi connectivity index (χ0n) is 32.4. The van der Waals surface area contributed by atoms with E-state index in [9.17, 15) is 4.79 Å². The van der Waals surface area contributed by atoms with Crippen LogP contribution in [0.2, 0.25) is 41.3 Å². The van der Waals surface area contributed by atoms with Crippen molar-refractivity contribution in [2.24, 2.45) is 0 Å². The van der Waals surface area contributed by atoms with Crippen molar-refractivity contribution < 1.29 is 22.8 Å². The van der Waals surface area contributed by atoms with Gasteiger partial charge in [0.2, 0.25) is 0 Å². The van der Waals surface area contributed by atoms with Gasteiger partial charge in [0.15, 0.2) is 16.6 Å². The molecule has 0 aromatic heterocycles. The van der Waals surface area contributed by atoms with Gasteiger partial charge in [-0.05, 0) is 72.4 Å². The lowest BCUT2D eigenvalue weighted by Gasteiger charge is -2.46. The molecule has 0 bridgehead atoms. The van der Waals surface area contributed by atoms with Crippen LogP contribution in [-0.2, 0) is 18.0 Å². The van der Waals surface area contributed by atoms with E-state index in [4.69, 9.17) is 18.0 Å². The second-order valence-electron chi connectivity index (χ2n) is 18.4. The van der Waals surface area contributed by atoms with Crippen LogP contribution in [0, 0.1) is 0 Å². The smallest absolute Gasteiger partial charge is 0.410 e. The zero-order chi connectivity index (χ0) is 35.9. The summed E-state index contributed by atoms with van der Waals surface area (Å²) in [5.41, 5.74) is -0.644. The number of nitrogens with zero attached hydrogens (tertiary/aromatic N) is 1. The van der Waals surface area contributed by atoms with Gasteiger partial charge in [0, 0.05) is 0 Å². The molecule has 1 saturated heterocycles. The molecule has 6 nitrogen and oxygen atoms in total. The van der Waals surface area contributed by atoms with Crippen molar-refractivity contribution in [3.05, 3.63) is 60.7 Å². The molecule has 0 aliphatic carbocycles. The first-order chi connectivity index (χ1) is 21.2. The normalized spacial score (nSPS) is 20.4. The highest BCUT2D eigenvalue weighted by Gasteiger charge is 2.56. The van der Waals surface area contributed by atoms with Crippen molar-refractivity contribution in [3.8, 4) is 0 Å². The van der Waals surface area contributed by atoms with Crippen LogP contribution in [0.15, 0.2) is 60.7 Å². The Morgan fingerprint density at radius 3 is 1.49 bits per heavy atom.